The molecule has 0 saturated carbocycles. The first-order valence-corrected chi connectivity index (χ1v) is 6.35. The molecule has 1 aliphatic rings. The third kappa shape index (κ3) is 3.54. The van der Waals surface area contributed by atoms with Crippen molar-refractivity contribution in [3.63, 3.8) is 0 Å². The lowest BCUT2D eigenvalue weighted by molar-refractivity contribution is -0.141. The summed E-state index contributed by atoms with van der Waals surface area (Å²) in [5.41, 5.74) is 0.946. The molecule has 2 rings (SSSR count). The second kappa shape index (κ2) is 6.00. The maximum absolute atomic E-state index is 13.3. The molecule has 20 heavy (non-hydrogen) atoms. The first-order valence-electron chi connectivity index (χ1n) is 6.35. The third-order valence-electron chi connectivity index (χ3n) is 3.12. The van der Waals surface area contributed by atoms with Crippen LogP contribution >= 0.6 is 0 Å². The van der Waals surface area contributed by atoms with E-state index in [2.05, 4.69) is 0 Å². The van der Waals surface area contributed by atoms with Gasteiger partial charge in [-0.3, -0.25) is 9.59 Å². The summed E-state index contributed by atoms with van der Waals surface area (Å²) in [5, 5.41) is 8.75. The van der Waals surface area contributed by atoms with Crippen molar-refractivity contribution in [3.05, 3.63) is 35.1 Å². The van der Waals surface area contributed by atoms with Crippen LogP contribution in [0.2, 0.25) is 0 Å². The number of carboxylic acids is 1. The second-order valence-corrected chi connectivity index (χ2v) is 4.86. The Hall–Kier alpha value is -1.95. The number of nitrogens with zero attached hydrogens (tertiary/aromatic N) is 1. The van der Waals surface area contributed by atoms with E-state index in [-0.39, 0.29) is 31.0 Å². The van der Waals surface area contributed by atoms with Gasteiger partial charge in [-0.05, 0) is 30.7 Å². The minimum Gasteiger partial charge on any atom is -0.481 e. The summed E-state index contributed by atoms with van der Waals surface area (Å²) >= 11 is 0. The summed E-state index contributed by atoms with van der Waals surface area (Å²) in [4.78, 5) is 24.5. The number of carbonyl (C=O) groups is 2. The van der Waals surface area contributed by atoms with E-state index in [0.717, 1.165) is 0 Å². The third-order valence-corrected chi connectivity index (χ3v) is 3.12. The molecule has 0 aliphatic carbocycles. The van der Waals surface area contributed by atoms with Crippen molar-refractivity contribution in [1.29, 1.82) is 0 Å². The number of halogens is 1. The molecule has 1 atom stereocenters. The molecular weight excluding hydrogens is 265 g/mol. The highest BCUT2D eigenvalue weighted by molar-refractivity contribution is 5.94. The zero-order valence-corrected chi connectivity index (χ0v) is 11.1. The normalized spacial score (nSPS) is 18.9. The number of ether oxygens (including phenoxy) is 1. The van der Waals surface area contributed by atoms with Crippen LogP contribution in [0.4, 0.5) is 4.39 Å². The number of amides is 1. The quantitative estimate of drug-likeness (QED) is 0.910. The highest BCUT2D eigenvalue weighted by Gasteiger charge is 2.26. The average molecular weight is 281 g/mol. The maximum Gasteiger partial charge on any atom is 0.306 e. The molecule has 0 radical (unpaired) electrons. The average Bonchev–Trinajstić information content (AvgIpc) is 2.36. The molecule has 1 N–H and O–H groups in total. The Bertz CT molecular complexity index is 512. The van der Waals surface area contributed by atoms with Gasteiger partial charge in [0.1, 0.15) is 5.82 Å². The van der Waals surface area contributed by atoms with E-state index in [4.69, 9.17) is 9.84 Å². The maximum atomic E-state index is 13.3. The predicted molar refractivity (Wildman–Crippen MR) is 69.0 cm³/mol. The van der Waals surface area contributed by atoms with Crippen LogP contribution in [0.1, 0.15) is 22.3 Å². The standard InChI is InChI=1S/C14H16FNO4/c1-9-4-10(6-11(15)5-9)14(19)16-2-3-20-12(8-16)7-13(17)18/h4-6,12H,2-3,7-8H2,1H3,(H,17,18)/t12-/m0/s1. The van der Waals surface area contributed by atoms with Crippen molar-refractivity contribution in [3.8, 4) is 0 Å². The minimum absolute atomic E-state index is 0.147. The molecule has 1 fully saturated rings. The van der Waals surface area contributed by atoms with Crippen molar-refractivity contribution in [2.75, 3.05) is 19.7 Å². The monoisotopic (exact) mass is 281 g/mol. The Labute approximate surface area is 116 Å². The van der Waals surface area contributed by atoms with Gasteiger partial charge in [0.15, 0.2) is 0 Å². The van der Waals surface area contributed by atoms with E-state index in [9.17, 15) is 14.0 Å². The predicted octanol–water partition coefficient (Wildman–Crippen LogP) is 1.45. The molecule has 5 nitrogen and oxygen atoms in total. The smallest absolute Gasteiger partial charge is 0.306 e. The fourth-order valence-corrected chi connectivity index (χ4v) is 2.26. The van der Waals surface area contributed by atoms with Gasteiger partial charge < -0.3 is 14.7 Å². The Morgan fingerprint density at radius 2 is 2.20 bits per heavy atom. The summed E-state index contributed by atoms with van der Waals surface area (Å²) in [6, 6.07) is 4.16. The van der Waals surface area contributed by atoms with Gasteiger partial charge >= 0.3 is 5.97 Å². The number of carboxylic acid groups (broad SMARTS) is 1. The van der Waals surface area contributed by atoms with Crippen LogP contribution in [0.3, 0.4) is 0 Å². The van der Waals surface area contributed by atoms with Gasteiger partial charge in [-0.2, -0.15) is 0 Å². The van der Waals surface area contributed by atoms with E-state index >= 15 is 0 Å². The van der Waals surface area contributed by atoms with E-state index in [1.165, 1.54) is 17.0 Å². The topological polar surface area (TPSA) is 66.8 Å². The highest BCUT2D eigenvalue weighted by Crippen LogP contribution is 2.15. The van der Waals surface area contributed by atoms with Crippen molar-refractivity contribution in [2.45, 2.75) is 19.4 Å². The Balaban J connectivity index is 2.10. The van der Waals surface area contributed by atoms with Gasteiger partial charge in [0, 0.05) is 18.7 Å². The highest BCUT2D eigenvalue weighted by atomic mass is 19.1. The van der Waals surface area contributed by atoms with Crippen LogP contribution in [0.5, 0.6) is 0 Å². The number of carbonyl (C=O) groups excluding carboxylic acids is 1. The molecule has 6 heteroatoms. The number of hydrogen-bond donors (Lipinski definition) is 1. The van der Waals surface area contributed by atoms with E-state index in [1.54, 1.807) is 13.0 Å². The fraction of sp³-hybridized carbons (Fsp3) is 0.429. The zero-order valence-electron chi connectivity index (χ0n) is 11.1. The van der Waals surface area contributed by atoms with Crippen LogP contribution in [0, 0.1) is 12.7 Å². The molecule has 108 valence electrons. The Kier molecular flexibility index (Phi) is 4.34. The molecule has 0 aromatic heterocycles. The molecule has 1 aliphatic heterocycles. The summed E-state index contributed by atoms with van der Waals surface area (Å²) in [6.07, 6.45) is -0.661. The SMILES string of the molecule is Cc1cc(F)cc(C(=O)N2CCO[C@@H](CC(=O)O)C2)c1. The Morgan fingerprint density at radius 3 is 2.85 bits per heavy atom. The van der Waals surface area contributed by atoms with Gasteiger partial charge in [-0.25, -0.2) is 4.39 Å². The van der Waals surface area contributed by atoms with Crippen molar-refractivity contribution in [1.82, 2.24) is 4.90 Å². The molecule has 1 saturated heterocycles. The van der Waals surface area contributed by atoms with E-state index in [1.807, 2.05) is 0 Å². The second-order valence-electron chi connectivity index (χ2n) is 4.86. The van der Waals surface area contributed by atoms with E-state index in [0.29, 0.717) is 12.1 Å². The van der Waals surface area contributed by atoms with Gasteiger partial charge in [0.25, 0.3) is 5.91 Å². The van der Waals surface area contributed by atoms with Gasteiger partial charge in [0.2, 0.25) is 0 Å². The van der Waals surface area contributed by atoms with Crippen molar-refractivity contribution < 1.29 is 23.8 Å². The Morgan fingerprint density at radius 1 is 1.45 bits per heavy atom. The molecule has 1 aromatic carbocycles. The first-order chi connectivity index (χ1) is 9.45. The number of benzene rings is 1. The minimum atomic E-state index is -0.967. The van der Waals surface area contributed by atoms with Crippen LogP contribution in [-0.2, 0) is 9.53 Å². The number of aliphatic carboxylic acids is 1. The van der Waals surface area contributed by atoms with Gasteiger partial charge in [0.05, 0.1) is 19.1 Å². The fourth-order valence-electron chi connectivity index (χ4n) is 2.26. The lowest BCUT2D eigenvalue weighted by atomic mass is 10.1. The van der Waals surface area contributed by atoms with E-state index < -0.39 is 17.9 Å². The van der Waals surface area contributed by atoms with Crippen molar-refractivity contribution in [2.24, 2.45) is 0 Å². The molecule has 0 unspecified atom stereocenters. The number of rotatable bonds is 3. The lowest BCUT2D eigenvalue weighted by Gasteiger charge is -2.32. The molecule has 1 amide bonds. The van der Waals surface area contributed by atoms with Crippen LogP contribution in [0.25, 0.3) is 0 Å². The molecule has 0 spiro atoms. The van der Waals surface area contributed by atoms with Gasteiger partial charge in [-0.15, -0.1) is 0 Å². The lowest BCUT2D eigenvalue weighted by Crippen LogP contribution is -2.46. The first kappa shape index (κ1) is 14.5. The summed E-state index contributed by atoms with van der Waals surface area (Å²) < 4.78 is 18.6. The van der Waals surface area contributed by atoms with Crippen LogP contribution in [0.15, 0.2) is 18.2 Å². The van der Waals surface area contributed by atoms with Crippen molar-refractivity contribution >= 4 is 11.9 Å². The number of morpholine rings is 1. The molecule has 1 heterocycles. The van der Waals surface area contributed by atoms with Crippen LogP contribution in [-0.4, -0.2) is 47.7 Å². The summed E-state index contributed by atoms with van der Waals surface area (Å²) in [6.45, 7) is 2.59. The summed E-state index contributed by atoms with van der Waals surface area (Å²) in [5.74, 6) is -1.72. The zero-order chi connectivity index (χ0) is 14.7. The number of hydrogen-bond acceptors (Lipinski definition) is 3. The number of aryl methyl sites for hydroxylation is 1. The largest absolute Gasteiger partial charge is 0.481 e. The van der Waals surface area contributed by atoms with Crippen LogP contribution < -0.4 is 0 Å². The molecule has 1 aromatic rings. The molecular formula is C14H16FNO4. The van der Waals surface area contributed by atoms with Gasteiger partial charge in [-0.1, -0.05) is 0 Å². The summed E-state index contributed by atoms with van der Waals surface area (Å²) in [7, 11) is 0. The molecule has 0 bridgehead atoms.